The maximum absolute atomic E-state index is 6.07. The number of benzene rings is 1. The molecule has 0 radical (unpaired) electrons. The largest absolute Gasteiger partial charge is 0.311 e. The van der Waals surface area contributed by atoms with Crippen LogP contribution in [0.5, 0.6) is 0 Å². The molecule has 1 nitrogen and oxygen atoms in total. The average Bonchev–Trinajstić information content (AvgIpc) is 2.77. The van der Waals surface area contributed by atoms with Gasteiger partial charge in [0, 0.05) is 17.1 Å². The minimum Gasteiger partial charge on any atom is -0.311 e. The normalized spacial score (nSPS) is 19.4. The number of hydrogen-bond donors (Lipinski definition) is 1. The molecule has 19 heavy (non-hydrogen) atoms. The molecule has 1 aromatic rings. The van der Waals surface area contributed by atoms with E-state index >= 15 is 0 Å². The molecular formula is C17H26ClN. The summed E-state index contributed by atoms with van der Waals surface area (Å²) in [6, 6.07) is 7.66. The van der Waals surface area contributed by atoms with Gasteiger partial charge in [0.2, 0.25) is 0 Å². The third-order valence-corrected chi connectivity index (χ3v) is 4.35. The third-order valence-electron chi connectivity index (χ3n) is 4.12. The summed E-state index contributed by atoms with van der Waals surface area (Å²) in [5.41, 5.74) is 2.92. The van der Waals surface area contributed by atoms with E-state index in [4.69, 9.17) is 11.6 Å². The summed E-state index contributed by atoms with van der Waals surface area (Å²) in [4.78, 5) is 0. The highest BCUT2D eigenvalue weighted by molar-refractivity contribution is 6.30. The number of nitrogens with one attached hydrogen (secondary N) is 1. The standard InChI is InChI=1S/C17H26ClN/c1-3-5-7-16(6-4-2)19-17-11-13-8-9-15(18)10-14(13)12-17/h8-10,16-17,19H,3-7,11-12H2,1-2H3. The van der Waals surface area contributed by atoms with Crippen molar-refractivity contribution in [3.8, 4) is 0 Å². The van der Waals surface area contributed by atoms with Gasteiger partial charge in [0.1, 0.15) is 0 Å². The van der Waals surface area contributed by atoms with Gasteiger partial charge in [-0.2, -0.15) is 0 Å². The first-order valence-electron chi connectivity index (χ1n) is 7.76. The van der Waals surface area contributed by atoms with Crippen molar-refractivity contribution in [1.29, 1.82) is 0 Å². The molecule has 0 saturated carbocycles. The molecule has 2 unspecified atom stereocenters. The predicted octanol–water partition coefficient (Wildman–Crippen LogP) is 4.76. The Kier molecular flexibility index (Phi) is 5.72. The van der Waals surface area contributed by atoms with Crippen molar-refractivity contribution >= 4 is 11.6 Å². The van der Waals surface area contributed by atoms with Gasteiger partial charge in [-0.1, -0.05) is 50.8 Å². The Morgan fingerprint density at radius 2 is 1.95 bits per heavy atom. The monoisotopic (exact) mass is 279 g/mol. The zero-order valence-electron chi connectivity index (χ0n) is 12.2. The Bertz CT molecular complexity index is 402. The topological polar surface area (TPSA) is 12.0 Å². The third kappa shape index (κ3) is 4.22. The molecule has 0 heterocycles. The summed E-state index contributed by atoms with van der Waals surface area (Å²) in [6.07, 6.45) is 8.82. The fourth-order valence-electron chi connectivity index (χ4n) is 3.15. The van der Waals surface area contributed by atoms with Gasteiger partial charge in [-0.3, -0.25) is 0 Å². The van der Waals surface area contributed by atoms with Gasteiger partial charge in [-0.25, -0.2) is 0 Å². The van der Waals surface area contributed by atoms with Gasteiger partial charge < -0.3 is 5.32 Å². The van der Waals surface area contributed by atoms with Crippen LogP contribution in [-0.4, -0.2) is 12.1 Å². The fourth-order valence-corrected chi connectivity index (χ4v) is 3.34. The molecule has 1 aromatic carbocycles. The van der Waals surface area contributed by atoms with Crippen LogP contribution in [0.1, 0.15) is 57.1 Å². The Balaban J connectivity index is 1.90. The van der Waals surface area contributed by atoms with Crippen molar-refractivity contribution in [3.05, 3.63) is 34.3 Å². The molecule has 2 rings (SSSR count). The molecule has 2 heteroatoms. The lowest BCUT2D eigenvalue weighted by Crippen LogP contribution is -2.38. The highest BCUT2D eigenvalue weighted by Gasteiger charge is 2.23. The van der Waals surface area contributed by atoms with E-state index in [1.807, 2.05) is 6.07 Å². The molecule has 0 amide bonds. The smallest absolute Gasteiger partial charge is 0.0408 e. The SMILES string of the molecule is CCCCC(CCC)NC1Cc2ccc(Cl)cc2C1. The van der Waals surface area contributed by atoms with Crippen LogP contribution >= 0.6 is 11.6 Å². The Morgan fingerprint density at radius 3 is 2.68 bits per heavy atom. The van der Waals surface area contributed by atoms with Crippen molar-refractivity contribution in [2.75, 3.05) is 0 Å². The number of hydrogen-bond acceptors (Lipinski definition) is 1. The first kappa shape index (κ1) is 14.9. The molecular weight excluding hydrogens is 254 g/mol. The number of halogens is 1. The molecule has 0 aliphatic heterocycles. The van der Waals surface area contributed by atoms with Gasteiger partial charge >= 0.3 is 0 Å². The molecule has 0 spiro atoms. The molecule has 106 valence electrons. The van der Waals surface area contributed by atoms with Crippen LogP contribution in [0.15, 0.2) is 18.2 Å². The minimum atomic E-state index is 0.613. The summed E-state index contributed by atoms with van der Waals surface area (Å²) in [7, 11) is 0. The Morgan fingerprint density at radius 1 is 1.16 bits per heavy atom. The lowest BCUT2D eigenvalue weighted by Gasteiger charge is -2.22. The summed E-state index contributed by atoms with van der Waals surface area (Å²) in [5.74, 6) is 0. The maximum Gasteiger partial charge on any atom is 0.0408 e. The zero-order chi connectivity index (χ0) is 13.7. The number of rotatable bonds is 7. The molecule has 1 aliphatic carbocycles. The van der Waals surface area contributed by atoms with Gasteiger partial charge in [0.25, 0.3) is 0 Å². The molecule has 0 fully saturated rings. The second-order valence-electron chi connectivity index (χ2n) is 5.81. The van der Waals surface area contributed by atoms with E-state index in [2.05, 4.69) is 31.3 Å². The molecule has 0 bridgehead atoms. The van der Waals surface area contributed by atoms with Crippen LogP contribution < -0.4 is 5.32 Å². The van der Waals surface area contributed by atoms with Crippen LogP contribution in [0, 0.1) is 0 Å². The van der Waals surface area contributed by atoms with Gasteiger partial charge in [-0.05, 0) is 48.9 Å². The first-order valence-corrected chi connectivity index (χ1v) is 8.14. The minimum absolute atomic E-state index is 0.613. The van der Waals surface area contributed by atoms with Crippen LogP contribution in [0.3, 0.4) is 0 Å². The van der Waals surface area contributed by atoms with Crippen molar-refractivity contribution in [3.63, 3.8) is 0 Å². The summed E-state index contributed by atoms with van der Waals surface area (Å²) < 4.78 is 0. The quantitative estimate of drug-likeness (QED) is 0.759. The van der Waals surface area contributed by atoms with Crippen LogP contribution in [0.25, 0.3) is 0 Å². The lowest BCUT2D eigenvalue weighted by molar-refractivity contribution is 0.384. The summed E-state index contributed by atoms with van der Waals surface area (Å²) in [6.45, 7) is 4.56. The average molecular weight is 280 g/mol. The fraction of sp³-hybridized carbons (Fsp3) is 0.647. The van der Waals surface area contributed by atoms with E-state index in [9.17, 15) is 0 Å². The van der Waals surface area contributed by atoms with Crippen molar-refractivity contribution < 1.29 is 0 Å². The van der Waals surface area contributed by atoms with Crippen LogP contribution in [0.2, 0.25) is 5.02 Å². The predicted molar refractivity (Wildman–Crippen MR) is 84.0 cm³/mol. The van der Waals surface area contributed by atoms with Crippen LogP contribution in [-0.2, 0) is 12.8 Å². The second-order valence-corrected chi connectivity index (χ2v) is 6.25. The maximum atomic E-state index is 6.07. The van der Waals surface area contributed by atoms with E-state index in [-0.39, 0.29) is 0 Å². The van der Waals surface area contributed by atoms with Crippen molar-refractivity contribution in [2.24, 2.45) is 0 Å². The van der Waals surface area contributed by atoms with Gasteiger partial charge in [-0.15, -0.1) is 0 Å². The Labute approximate surface area is 122 Å². The summed E-state index contributed by atoms with van der Waals surface area (Å²) in [5, 5.41) is 4.75. The van der Waals surface area contributed by atoms with Gasteiger partial charge in [0.05, 0.1) is 0 Å². The van der Waals surface area contributed by atoms with E-state index in [1.54, 1.807) is 0 Å². The number of unbranched alkanes of at least 4 members (excludes halogenated alkanes) is 1. The second kappa shape index (κ2) is 7.31. The molecule has 2 atom stereocenters. The molecule has 1 N–H and O–H groups in total. The molecule has 0 saturated heterocycles. The number of fused-ring (bicyclic) bond motifs is 1. The van der Waals surface area contributed by atoms with Crippen LogP contribution in [0.4, 0.5) is 0 Å². The molecule has 0 aromatic heterocycles. The van der Waals surface area contributed by atoms with E-state index in [0.717, 1.165) is 11.4 Å². The van der Waals surface area contributed by atoms with E-state index in [1.165, 1.54) is 49.7 Å². The van der Waals surface area contributed by atoms with Crippen molar-refractivity contribution in [1.82, 2.24) is 5.32 Å². The van der Waals surface area contributed by atoms with E-state index < -0.39 is 0 Å². The highest BCUT2D eigenvalue weighted by atomic mass is 35.5. The summed E-state index contributed by atoms with van der Waals surface area (Å²) >= 11 is 6.07. The Hall–Kier alpha value is -0.530. The zero-order valence-corrected chi connectivity index (χ0v) is 13.0. The highest BCUT2D eigenvalue weighted by Crippen LogP contribution is 2.26. The first-order chi connectivity index (χ1) is 9.22. The lowest BCUT2D eigenvalue weighted by atomic mass is 10.0. The van der Waals surface area contributed by atoms with Crippen molar-refractivity contribution in [2.45, 2.75) is 70.9 Å². The molecule has 1 aliphatic rings. The van der Waals surface area contributed by atoms with E-state index in [0.29, 0.717) is 12.1 Å². The van der Waals surface area contributed by atoms with Gasteiger partial charge in [0.15, 0.2) is 0 Å².